The quantitative estimate of drug-likeness (QED) is 0.768. The van der Waals surface area contributed by atoms with E-state index in [4.69, 9.17) is 0 Å². The Morgan fingerprint density at radius 2 is 2.07 bits per heavy atom. The molecule has 1 atom stereocenters. The fourth-order valence-corrected chi connectivity index (χ4v) is 2.49. The molecule has 0 saturated carbocycles. The second kappa shape index (κ2) is 5.04. The molecule has 0 amide bonds. The van der Waals surface area contributed by atoms with E-state index in [1.165, 1.54) is 37.8 Å². The minimum absolute atomic E-state index is 0.806. The van der Waals surface area contributed by atoms with E-state index in [1.54, 1.807) is 0 Å². The molecular weight excluding hydrogens is 202 g/mol. The van der Waals surface area contributed by atoms with Gasteiger partial charge in [0.15, 0.2) is 0 Å². The highest BCUT2D eigenvalue weighted by Gasteiger charge is 2.19. The van der Waals surface area contributed by atoms with E-state index >= 15 is 0 Å². The minimum Gasteiger partial charge on any atom is -0.303 e. The van der Waals surface area contributed by atoms with Crippen molar-refractivity contribution in [3.63, 3.8) is 0 Å². The Morgan fingerprint density at radius 1 is 1.33 bits per heavy atom. The predicted molar refractivity (Wildman–Crippen MR) is 67.7 cm³/mol. The fraction of sp³-hybridized carbons (Fsp3) is 0.538. The van der Waals surface area contributed by atoms with Crippen LogP contribution in [0, 0.1) is 0 Å². The number of nitrogens with zero attached hydrogens (tertiary/aromatic N) is 1. The normalized spacial score (nSPS) is 22.1. The van der Waals surface area contributed by atoms with Crippen molar-refractivity contribution in [1.29, 1.82) is 0 Å². The molecule has 0 N–H and O–H groups in total. The molecule has 0 spiro atoms. The molecule has 15 heavy (non-hydrogen) atoms. The third-order valence-corrected chi connectivity index (χ3v) is 3.67. The predicted octanol–water partition coefficient (Wildman–Crippen LogP) is 3.00. The lowest BCUT2D eigenvalue weighted by Crippen LogP contribution is -2.25. The monoisotopic (exact) mass is 221 g/mol. The summed E-state index contributed by atoms with van der Waals surface area (Å²) in [6.07, 6.45) is 5.24. The average molecular weight is 221 g/mol. The van der Waals surface area contributed by atoms with Crippen molar-refractivity contribution in [3.8, 4) is 0 Å². The van der Waals surface area contributed by atoms with Gasteiger partial charge in [0.2, 0.25) is 0 Å². The first-order valence-corrected chi connectivity index (χ1v) is 6.18. The Morgan fingerprint density at radius 3 is 2.67 bits per heavy atom. The molecule has 1 saturated heterocycles. The summed E-state index contributed by atoms with van der Waals surface area (Å²) in [6.45, 7) is 1.28. The number of likely N-dealkylation sites (tertiary alicyclic amines) is 1. The summed E-state index contributed by atoms with van der Waals surface area (Å²) in [7, 11) is 2.24. The molecule has 1 fully saturated rings. The lowest BCUT2D eigenvalue weighted by atomic mass is 10.0. The summed E-state index contributed by atoms with van der Waals surface area (Å²) in [5, 5.41) is 0. The molecule has 0 aliphatic carbocycles. The van der Waals surface area contributed by atoms with Crippen LogP contribution in [0.1, 0.15) is 24.8 Å². The topological polar surface area (TPSA) is 3.24 Å². The zero-order valence-corrected chi connectivity index (χ0v) is 10.2. The van der Waals surface area contributed by atoms with E-state index in [1.807, 2.05) is 0 Å². The van der Waals surface area contributed by atoms with Gasteiger partial charge in [-0.3, -0.25) is 0 Å². The second-order valence-electron chi connectivity index (χ2n) is 4.48. The Hall–Kier alpha value is -0.470. The number of thiol groups is 1. The maximum absolute atomic E-state index is 4.29. The van der Waals surface area contributed by atoms with Crippen LogP contribution in [-0.2, 0) is 6.42 Å². The van der Waals surface area contributed by atoms with Crippen LogP contribution in [0.4, 0.5) is 0 Å². The van der Waals surface area contributed by atoms with Crippen molar-refractivity contribution in [2.24, 2.45) is 0 Å². The van der Waals surface area contributed by atoms with Gasteiger partial charge in [-0.2, -0.15) is 0 Å². The van der Waals surface area contributed by atoms with Crippen LogP contribution in [0.5, 0.6) is 0 Å². The highest BCUT2D eigenvalue weighted by molar-refractivity contribution is 7.80. The molecule has 2 heteroatoms. The van der Waals surface area contributed by atoms with Crippen LogP contribution in [0.15, 0.2) is 29.2 Å². The molecule has 0 bridgehead atoms. The van der Waals surface area contributed by atoms with Gasteiger partial charge in [0.25, 0.3) is 0 Å². The SMILES string of the molecule is CN1CCCC1CCc1ccc(S)cc1. The van der Waals surface area contributed by atoms with Gasteiger partial charge in [0.1, 0.15) is 0 Å². The number of rotatable bonds is 3. The second-order valence-corrected chi connectivity index (χ2v) is 5.00. The molecule has 1 unspecified atom stereocenters. The Bertz CT molecular complexity index is 307. The van der Waals surface area contributed by atoms with Crippen molar-refractivity contribution in [3.05, 3.63) is 29.8 Å². The Kier molecular flexibility index (Phi) is 3.71. The van der Waals surface area contributed by atoms with E-state index in [2.05, 4.69) is 48.8 Å². The van der Waals surface area contributed by atoms with Gasteiger partial charge in [-0.1, -0.05) is 12.1 Å². The molecule has 1 aliphatic heterocycles. The van der Waals surface area contributed by atoms with Gasteiger partial charge in [0.05, 0.1) is 0 Å². The Balaban J connectivity index is 1.85. The van der Waals surface area contributed by atoms with E-state index in [9.17, 15) is 0 Å². The Labute approximate surface area is 97.9 Å². The summed E-state index contributed by atoms with van der Waals surface area (Å²) >= 11 is 4.29. The van der Waals surface area contributed by atoms with Gasteiger partial charge >= 0.3 is 0 Å². The molecule has 0 aromatic heterocycles. The molecule has 1 aromatic rings. The summed E-state index contributed by atoms with van der Waals surface area (Å²) in [6, 6.07) is 9.35. The fourth-order valence-electron chi connectivity index (χ4n) is 2.34. The van der Waals surface area contributed by atoms with Crippen LogP contribution < -0.4 is 0 Å². The van der Waals surface area contributed by atoms with E-state index in [-0.39, 0.29) is 0 Å². The van der Waals surface area contributed by atoms with Gasteiger partial charge in [-0.25, -0.2) is 0 Å². The van der Waals surface area contributed by atoms with Crippen molar-refractivity contribution in [2.75, 3.05) is 13.6 Å². The van der Waals surface area contributed by atoms with Gasteiger partial charge in [-0.15, -0.1) is 12.6 Å². The average Bonchev–Trinajstić information content (AvgIpc) is 2.63. The van der Waals surface area contributed by atoms with Crippen LogP contribution >= 0.6 is 12.6 Å². The molecule has 1 aliphatic rings. The van der Waals surface area contributed by atoms with Crippen molar-refractivity contribution < 1.29 is 0 Å². The maximum atomic E-state index is 4.29. The smallest absolute Gasteiger partial charge is 0.00958 e. The van der Waals surface area contributed by atoms with Crippen LogP contribution in [0.25, 0.3) is 0 Å². The first-order valence-electron chi connectivity index (χ1n) is 5.74. The molecule has 0 radical (unpaired) electrons. The van der Waals surface area contributed by atoms with Crippen molar-refractivity contribution >= 4 is 12.6 Å². The first-order chi connectivity index (χ1) is 7.25. The number of benzene rings is 1. The van der Waals surface area contributed by atoms with Gasteiger partial charge in [0, 0.05) is 10.9 Å². The molecule has 1 aromatic carbocycles. The maximum Gasteiger partial charge on any atom is 0.00958 e. The van der Waals surface area contributed by atoms with Crippen LogP contribution in [-0.4, -0.2) is 24.5 Å². The summed E-state index contributed by atoms with van der Waals surface area (Å²) in [5.41, 5.74) is 1.44. The summed E-state index contributed by atoms with van der Waals surface area (Å²) < 4.78 is 0. The number of hydrogen-bond donors (Lipinski definition) is 1. The lowest BCUT2D eigenvalue weighted by Gasteiger charge is -2.19. The summed E-state index contributed by atoms with van der Waals surface area (Å²) in [5.74, 6) is 0. The standard InChI is InChI=1S/C13H19NS/c1-14-10-2-3-12(14)7-4-11-5-8-13(15)9-6-11/h5-6,8-9,12,15H,2-4,7,10H2,1H3. The largest absolute Gasteiger partial charge is 0.303 e. The zero-order valence-electron chi connectivity index (χ0n) is 9.32. The molecular formula is C13H19NS. The van der Waals surface area contributed by atoms with Crippen molar-refractivity contribution in [2.45, 2.75) is 36.6 Å². The third kappa shape index (κ3) is 2.99. The minimum atomic E-state index is 0.806. The van der Waals surface area contributed by atoms with E-state index < -0.39 is 0 Å². The molecule has 82 valence electrons. The highest BCUT2D eigenvalue weighted by atomic mass is 32.1. The molecule has 1 nitrogen and oxygen atoms in total. The zero-order chi connectivity index (χ0) is 10.7. The third-order valence-electron chi connectivity index (χ3n) is 3.37. The molecule has 1 heterocycles. The van der Waals surface area contributed by atoms with Crippen LogP contribution in [0.2, 0.25) is 0 Å². The molecule has 2 rings (SSSR count). The lowest BCUT2D eigenvalue weighted by molar-refractivity contribution is 0.296. The van der Waals surface area contributed by atoms with E-state index in [0.717, 1.165) is 10.9 Å². The van der Waals surface area contributed by atoms with Gasteiger partial charge in [-0.05, 0) is 57.0 Å². The first kappa shape index (κ1) is 11.0. The highest BCUT2D eigenvalue weighted by Crippen LogP contribution is 2.20. The van der Waals surface area contributed by atoms with Gasteiger partial charge < -0.3 is 4.90 Å². The summed E-state index contributed by atoms with van der Waals surface area (Å²) in [4.78, 5) is 3.55. The van der Waals surface area contributed by atoms with E-state index in [0.29, 0.717) is 0 Å². The number of aryl methyl sites for hydroxylation is 1. The van der Waals surface area contributed by atoms with Crippen LogP contribution in [0.3, 0.4) is 0 Å². The number of hydrogen-bond acceptors (Lipinski definition) is 2. The van der Waals surface area contributed by atoms with Crippen molar-refractivity contribution in [1.82, 2.24) is 4.90 Å².